The van der Waals surface area contributed by atoms with Gasteiger partial charge in [-0.2, -0.15) is 0 Å². The molecule has 0 fully saturated rings. The summed E-state index contributed by atoms with van der Waals surface area (Å²) in [5.41, 5.74) is 3.63. The number of rotatable bonds is 18. The molecule has 2 rings (SSSR count). The Hall–Kier alpha value is -2.38. The minimum absolute atomic E-state index is 0.180. The molecule has 0 N–H and O–H groups in total. The second kappa shape index (κ2) is 18.0. The molecule has 2 nitrogen and oxygen atoms in total. The maximum atomic E-state index is 7.23. The lowest BCUT2D eigenvalue weighted by atomic mass is 10.0. The Kier molecular flexibility index (Phi) is 14.8. The molecule has 2 aromatic rings. The van der Waals surface area contributed by atoms with Gasteiger partial charge in [-0.1, -0.05) is 116 Å². The van der Waals surface area contributed by atoms with E-state index in [-0.39, 0.29) is 6.10 Å². The molecule has 3 heteroatoms. The van der Waals surface area contributed by atoms with Gasteiger partial charge in [0, 0.05) is 13.2 Å². The molecule has 0 amide bonds. The second-order valence-corrected chi connectivity index (χ2v) is 12.1. The first-order valence-electron chi connectivity index (χ1n) is 13.3. The van der Waals surface area contributed by atoms with Crippen molar-refractivity contribution in [1.82, 2.24) is 0 Å². The molecule has 188 valence electrons. The zero-order chi connectivity index (χ0) is 25.0. The third-order valence-electron chi connectivity index (χ3n) is 6.30. The van der Waals surface area contributed by atoms with E-state index < -0.39 is 8.32 Å². The lowest BCUT2D eigenvalue weighted by Crippen LogP contribution is -2.61. The number of hydrogen-bond acceptors (Lipinski definition) is 2. The van der Waals surface area contributed by atoms with Crippen molar-refractivity contribution in [2.45, 2.75) is 76.7 Å². The summed E-state index contributed by atoms with van der Waals surface area (Å²) in [5.74, 6) is 3.29. The van der Waals surface area contributed by atoms with Crippen molar-refractivity contribution in [2.24, 2.45) is 0 Å². The van der Waals surface area contributed by atoms with Crippen LogP contribution in [0.25, 0.3) is 0 Å². The Labute approximate surface area is 215 Å². The van der Waals surface area contributed by atoms with Crippen molar-refractivity contribution in [2.75, 3.05) is 13.7 Å². The summed E-state index contributed by atoms with van der Waals surface area (Å²) in [4.78, 5) is 0. The van der Waals surface area contributed by atoms with Crippen LogP contribution in [0.3, 0.4) is 0 Å². The lowest BCUT2D eigenvalue weighted by Gasteiger charge is -2.32. The van der Waals surface area contributed by atoms with Gasteiger partial charge in [0.15, 0.2) is 0 Å². The van der Waals surface area contributed by atoms with Gasteiger partial charge in [0.2, 0.25) is 0 Å². The number of unbranched alkanes of at least 4 members (excludes halogenated alkanes) is 7. The number of allylic oxidation sites excluding steroid dienone is 2. The molecule has 0 spiro atoms. The van der Waals surface area contributed by atoms with Gasteiger partial charge in [-0.3, -0.25) is 0 Å². The molecule has 0 radical (unpaired) electrons. The van der Waals surface area contributed by atoms with Gasteiger partial charge in [0.25, 0.3) is 0 Å². The van der Waals surface area contributed by atoms with E-state index >= 15 is 0 Å². The third-order valence-corrected chi connectivity index (χ3v) is 9.81. The van der Waals surface area contributed by atoms with Crippen LogP contribution in [0.15, 0.2) is 86.0 Å². The zero-order valence-corrected chi connectivity index (χ0v) is 22.7. The standard InChI is InChI=1S/C32H44O2Si/c1-4-6-8-9-10-11-12-16-23-30(22-15-7-5-2)34-35(29-21-28-33-3,31-24-17-13-18-25-31)32-26-19-14-20-27-32/h4-5,13-14,17-20,24-27,30H,1-2,6-12,15-16,22-23,28H2,3H3. The molecule has 0 saturated heterocycles. The molecule has 2 aromatic carbocycles. The molecule has 0 heterocycles. The van der Waals surface area contributed by atoms with Crippen LogP contribution in [0, 0.1) is 11.5 Å². The maximum absolute atomic E-state index is 7.23. The van der Waals surface area contributed by atoms with Crippen LogP contribution in [0.1, 0.15) is 70.6 Å². The quantitative estimate of drug-likeness (QED) is 0.0975. The highest BCUT2D eigenvalue weighted by Gasteiger charge is 2.40. The van der Waals surface area contributed by atoms with Gasteiger partial charge < -0.3 is 9.16 Å². The number of ether oxygens (including phenoxy) is 1. The summed E-state index contributed by atoms with van der Waals surface area (Å²) in [7, 11) is -1.08. The molecule has 0 aliphatic rings. The molecule has 1 atom stereocenters. The molecule has 0 saturated carbocycles. The zero-order valence-electron chi connectivity index (χ0n) is 21.7. The predicted molar refractivity (Wildman–Crippen MR) is 154 cm³/mol. The van der Waals surface area contributed by atoms with E-state index in [1.54, 1.807) is 7.11 Å². The van der Waals surface area contributed by atoms with Gasteiger partial charge in [-0.15, -0.1) is 13.2 Å². The van der Waals surface area contributed by atoms with E-state index in [1.165, 1.54) is 48.9 Å². The Morgan fingerprint density at radius 2 is 1.26 bits per heavy atom. The highest BCUT2D eigenvalue weighted by molar-refractivity contribution is 7.03. The van der Waals surface area contributed by atoms with Crippen molar-refractivity contribution in [1.29, 1.82) is 0 Å². The fraction of sp³-hybridized carbons (Fsp3) is 0.438. The van der Waals surface area contributed by atoms with Crippen LogP contribution in [0.4, 0.5) is 0 Å². The molecule has 1 unspecified atom stereocenters. The van der Waals surface area contributed by atoms with Gasteiger partial charge in [0.1, 0.15) is 6.61 Å². The summed E-state index contributed by atoms with van der Waals surface area (Å²) < 4.78 is 12.5. The van der Waals surface area contributed by atoms with E-state index in [0.717, 1.165) is 32.1 Å². The van der Waals surface area contributed by atoms with E-state index in [9.17, 15) is 0 Å². The highest BCUT2D eigenvalue weighted by atomic mass is 28.4. The second-order valence-electron chi connectivity index (χ2n) is 9.09. The van der Waals surface area contributed by atoms with Gasteiger partial charge in [0.05, 0.1) is 0 Å². The topological polar surface area (TPSA) is 18.5 Å². The lowest BCUT2D eigenvalue weighted by molar-refractivity contribution is 0.174. The molecule has 0 bridgehead atoms. The van der Waals surface area contributed by atoms with Crippen LogP contribution in [0.5, 0.6) is 0 Å². The first-order chi connectivity index (χ1) is 17.3. The minimum Gasteiger partial charge on any atom is -0.396 e. The van der Waals surface area contributed by atoms with Crippen LogP contribution in [-0.2, 0) is 9.16 Å². The molecule has 35 heavy (non-hydrogen) atoms. The van der Waals surface area contributed by atoms with Gasteiger partial charge >= 0.3 is 8.32 Å². The number of benzene rings is 2. The molecule has 0 aromatic heterocycles. The Morgan fingerprint density at radius 3 is 1.83 bits per heavy atom. The highest BCUT2D eigenvalue weighted by Crippen LogP contribution is 2.20. The molecule has 0 aliphatic heterocycles. The summed E-state index contributed by atoms with van der Waals surface area (Å²) in [5, 5.41) is 2.40. The maximum Gasteiger partial charge on any atom is 0.337 e. The summed E-state index contributed by atoms with van der Waals surface area (Å²) in [6, 6.07) is 21.3. The summed E-state index contributed by atoms with van der Waals surface area (Å²) in [6.07, 6.45) is 17.2. The fourth-order valence-corrected chi connectivity index (χ4v) is 7.76. The van der Waals surface area contributed by atoms with Crippen molar-refractivity contribution in [3.63, 3.8) is 0 Å². The Balaban J connectivity index is 2.24. The molecular formula is C32H44O2Si. The average Bonchev–Trinajstić information content (AvgIpc) is 2.90. The minimum atomic E-state index is -2.77. The van der Waals surface area contributed by atoms with Crippen molar-refractivity contribution >= 4 is 18.7 Å². The van der Waals surface area contributed by atoms with Crippen LogP contribution in [-0.4, -0.2) is 28.1 Å². The predicted octanol–water partition coefficient (Wildman–Crippen LogP) is 6.98. The largest absolute Gasteiger partial charge is 0.396 e. The molecular weight excluding hydrogens is 444 g/mol. The smallest absolute Gasteiger partial charge is 0.337 e. The molecule has 0 aliphatic carbocycles. The summed E-state index contributed by atoms with van der Waals surface area (Å²) >= 11 is 0. The Morgan fingerprint density at radius 1 is 0.743 bits per heavy atom. The van der Waals surface area contributed by atoms with Crippen molar-refractivity contribution in [3.8, 4) is 11.5 Å². The third kappa shape index (κ3) is 10.4. The average molecular weight is 489 g/mol. The van der Waals surface area contributed by atoms with Crippen LogP contribution < -0.4 is 10.4 Å². The van der Waals surface area contributed by atoms with Gasteiger partial charge in [-0.05, 0) is 48.9 Å². The van der Waals surface area contributed by atoms with E-state index in [4.69, 9.17) is 9.16 Å². The summed E-state index contributed by atoms with van der Waals surface area (Å²) in [6.45, 7) is 8.15. The SMILES string of the molecule is C=CCCCCCCCCC(CCCC=C)O[Si](C#CCOC)(c1ccccc1)c1ccccc1. The number of methoxy groups -OCH3 is 1. The van der Waals surface area contributed by atoms with E-state index in [0.29, 0.717) is 6.61 Å². The van der Waals surface area contributed by atoms with Crippen molar-refractivity contribution in [3.05, 3.63) is 86.0 Å². The first-order valence-corrected chi connectivity index (χ1v) is 15.2. The Bertz CT molecular complexity index is 843. The van der Waals surface area contributed by atoms with Crippen LogP contribution in [0.2, 0.25) is 0 Å². The van der Waals surface area contributed by atoms with Gasteiger partial charge in [-0.25, -0.2) is 0 Å². The monoisotopic (exact) mass is 488 g/mol. The number of hydrogen-bond donors (Lipinski definition) is 0. The van der Waals surface area contributed by atoms with E-state index in [2.05, 4.69) is 85.3 Å². The first kappa shape index (κ1) is 28.9. The van der Waals surface area contributed by atoms with Crippen molar-refractivity contribution < 1.29 is 9.16 Å². The normalized spacial score (nSPS) is 11.9. The fourth-order valence-electron chi connectivity index (χ4n) is 4.42. The van der Waals surface area contributed by atoms with E-state index in [1.807, 2.05) is 12.2 Å². The van der Waals surface area contributed by atoms with Crippen LogP contribution >= 0.6 is 0 Å².